The molecule has 1 saturated carbocycles. The van der Waals surface area contributed by atoms with Crippen LogP contribution in [-0.4, -0.2) is 18.1 Å². The van der Waals surface area contributed by atoms with Gasteiger partial charge in [-0.1, -0.05) is 60.7 Å². The van der Waals surface area contributed by atoms with Crippen LogP contribution in [0.4, 0.5) is 8.78 Å². The van der Waals surface area contributed by atoms with Gasteiger partial charge < -0.3 is 10.1 Å². The monoisotopic (exact) mass is 331 g/mol. The average Bonchev–Trinajstić information content (AvgIpc) is 2.60. The van der Waals surface area contributed by atoms with Gasteiger partial charge in [0.05, 0.1) is 12.7 Å². The Morgan fingerprint density at radius 2 is 1.58 bits per heavy atom. The van der Waals surface area contributed by atoms with E-state index in [1.54, 1.807) is 0 Å². The molecular weight excluding hydrogens is 308 g/mol. The fourth-order valence-electron chi connectivity index (χ4n) is 3.12. The summed E-state index contributed by atoms with van der Waals surface area (Å²) < 4.78 is 33.5. The molecule has 2 nitrogen and oxygen atoms in total. The van der Waals surface area contributed by atoms with E-state index in [1.807, 2.05) is 60.7 Å². The predicted molar refractivity (Wildman–Crippen MR) is 90.9 cm³/mol. The lowest BCUT2D eigenvalue weighted by Gasteiger charge is -2.36. The second-order valence-corrected chi connectivity index (χ2v) is 6.41. The van der Waals surface area contributed by atoms with Crippen LogP contribution in [0.2, 0.25) is 0 Å². The highest BCUT2D eigenvalue weighted by Gasteiger charge is 2.41. The van der Waals surface area contributed by atoms with Crippen LogP contribution in [0.1, 0.15) is 30.4 Å². The fraction of sp³-hybridized carbons (Fsp3) is 0.400. The lowest BCUT2D eigenvalue weighted by molar-refractivity contribution is -0.113. The smallest absolute Gasteiger partial charge is 0.250 e. The topological polar surface area (TPSA) is 21.3 Å². The van der Waals surface area contributed by atoms with Crippen molar-refractivity contribution in [3.05, 3.63) is 71.8 Å². The van der Waals surface area contributed by atoms with Gasteiger partial charge in [0.25, 0.3) is 5.92 Å². The minimum absolute atomic E-state index is 0.0476. The van der Waals surface area contributed by atoms with E-state index in [4.69, 9.17) is 4.74 Å². The molecule has 24 heavy (non-hydrogen) atoms. The minimum Gasteiger partial charge on any atom is -0.372 e. The largest absolute Gasteiger partial charge is 0.372 e. The SMILES string of the molecule is FC1(F)CC[C@@H](NCc2ccccc2)[C@H](OCc2ccccc2)C1. The summed E-state index contributed by atoms with van der Waals surface area (Å²) in [5, 5.41) is 3.40. The Bertz CT molecular complexity index is 618. The summed E-state index contributed by atoms with van der Waals surface area (Å²) in [6.07, 6.45) is -0.339. The van der Waals surface area contributed by atoms with Crippen molar-refractivity contribution in [2.24, 2.45) is 0 Å². The normalized spacial score (nSPS) is 23.1. The van der Waals surface area contributed by atoms with Crippen LogP contribution in [0.25, 0.3) is 0 Å². The highest BCUT2D eigenvalue weighted by molar-refractivity contribution is 5.15. The lowest BCUT2D eigenvalue weighted by Crippen LogP contribution is -2.48. The van der Waals surface area contributed by atoms with Gasteiger partial charge in [-0.25, -0.2) is 8.78 Å². The molecule has 0 aromatic heterocycles. The van der Waals surface area contributed by atoms with Gasteiger partial charge in [0.15, 0.2) is 0 Å². The number of nitrogens with one attached hydrogen (secondary N) is 1. The standard InChI is InChI=1S/C20H23F2NO/c21-20(22)12-11-18(23-14-16-7-3-1-4-8-16)19(13-20)24-15-17-9-5-2-6-10-17/h1-10,18-19,23H,11-15H2/t18-,19-/m1/s1. The minimum atomic E-state index is -2.63. The van der Waals surface area contributed by atoms with Crippen molar-refractivity contribution in [3.8, 4) is 0 Å². The van der Waals surface area contributed by atoms with Gasteiger partial charge in [0.2, 0.25) is 0 Å². The van der Waals surface area contributed by atoms with Gasteiger partial charge in [-0.05, 0) is 17.5 Å². The van der Waals surface area contributed by atoms with Crippen LogP contribution in [-0.2, 0) is 17.9 Å². The van der Waals surface area contributed by atoms with Crippen molar-refractivity contribution in [1.82, 2.24) is 5.32 Å². The summed E-state index contributed by atoms with van der Waals surface area (Å²) in [5.41, 5.74) is 2.16. The van der Waals surface area contributed by atoms with E-state index in [-0.39, 0.29) is 18.9 Å². The Balaban J connectivity index is 1.60. The van der Waals surface area contributed by atoms with Crippen molar-refractivity contribution in [2.45, 2.75) is 50.5 Å². The molecule has 1 fully saturated rings. The number of ether oxygens (including phenoxy) is 1. The van der Waals surface area contributed by atoms with Crippen molar-refractivity contribution >= 4 is 0 Å². The molecule has 0 bridgehead atoms. The Morgan fingerprint density at radius 1 is 0.958 bits per heavy atom. The van der Waals surface area contributed by atoms with Crippen LogP contribution in [0.3, 0.4) is 0 Å². The van der Waals surface area contributed by atoms with Gasteiger partial charge in [-0.15, -0.1) is 0 Å². The molecule has 1 N–H and O–H groups in total. The van der Waals surface area contributed by atoms with Gasteiger partial charge >= 0.3 is 0 Å². The number of halogens is 2. The zero-order chi connectivity index (χ0) is 16.8. The van der Waals surface area contributed by atoms with Gasteiger partial charge in [-0.2, -0.15) is 0 Å². The molecule has 1 aliphatic rings. The van der Waals surface area contributed by atoms with Crippen LogP contribution in [0, 0.1) is 0 Å². The first kappa shape index (κ1) is 17.1. The molecule has 0 saturated heterocycles. The summed E-state index contributed by atoms with van der Waals surface area (Å²) in [4.78, 5) is 0. The average molecular weight is 331 g/mol. The molecule has 0 spiro atoms. The van der Waals surface area contributed by atoms with E-state index < -0.39 is 12.0 Å². The van der Waals surface area contributed by atoms with Crippen molar-refractivity contribution in [2.75, 3.05) is 0 Å². The maximum atomic E-state index is 13.8. The highest BCUT2D eigenvalue weighted by atomic mass is 19.3. The van der Waals surface area contributed by atoms with Gasteiger partial charge in [0.1, 0.15) is 0 Å². The maximum Gasteiger partial charge on any atom is 0.250 e. The third-order valence-electron chi connectivity index (χ3n) is 4.49. The molecular formula is C20H23F2NO. The molecule has 4 heteroatoms. The third kappa shape index (κ3) is 4.86. The summed E-state index contributed by atoms with van der Waals surface area (Å²) in [5.74, 6) is -2.63. The Hall–Kier alpha value is -1.78. The van der Waals surface area contributed by atoms with E-state index >= 15 is 0 Å². The fourth-order valence-corrected chi connectivity index (χ4v) is 3.12. The summed E-state index contributed by atoms with van der Waals surface area (Å²) >= 11 is 0. The molecule has 2 aromatic rings. The zero-order valence-electron chi connectivity index (χ0n) is 13.6. The van der Waals surface area contributed by atoms with Crippen LogP contribution >= 0.6 is 0 Å². The lowest BCUT2D eigenvalue weighted by atomic mass is 9.89. The van der Waals surface area contributed by atoms with E-state index in [2.05, 4.69) is 5.32 Å². The number of rotatable bonds is 6. The Labute approximate surface area is 141 Å². The maximum absolute atomic E-state index is 13.8. The second kappa shape index (κ2) is 7.86. The van der Waals surface area contributed by atoms with Crippen LogP contribution in [0.15, 0.2) is 60.7 Å². The van der Waals surface area contributed by atoms with E-state index in [1.165, 1.54) is 0 Å². The van der Waals surface area contributed by atoms with Crippen molar-refractivity contribution < 1.29 is 13.5 Å². The summed E-state index contributed by atoms with van der Waals surface area (Å²) in [6, 6.07) is 19.6. The second-order valence-electron chi connectivity index (χ2n) is 6.41. The number of hydrogen-bond acceptors (Lipinski definition) is 2. The Kier molecular flexibility index (Phi) is 5.59. The quantitative estimate of drug-likeness (QED) is 0.838. The summed E-state index contributed by atoms with van der Waals surface area (Å²) in [6.45, 7) is 1.04. The molecule has 2 atom stereocenters. The first-order valence-electron chi connectivity index (χ1n) is 8.43. The molecule has 0 aliphatic heterocycles. The van der Waals surface area contributed by atoms with Crippen LogP contribution in [0.5, 0.6) is 0 Å². The van der Waals surface area contributed by atoms with E-state index in [0.29, 0.717) is 19.6 Å². The van der Waals surface area contributed by atoms with E-state index in [9.17, 15) is 8.78 Å². The van der Waals surface area contributed by atoms with Crippen molar-refractivity contribution in [3.63, 3.8) is 0 Å². The number of benzene rings is 2. The molecule has 3 rings (SSSR count). The number of alkyl halides is 2. The number of hydrogen-bond donors (Lipinski definition) is 1. The first-order valence-corrected chi connectivity index (χ1v) is 8.43. The van der Waals surface area contributed by atoms with Crippen LogP contribution < -0.4 is 5.32 Å². The van der Waals surface area contributed by atoms with E-state index in [0.717, 1.165) is 11.1 Å². The van der Waals surface area contributed by atoms with Crippen molar-refractivity contribution in [1.29, 1.82) is 0 Å². The van der Waals surface area contributed by atoms with Gasteiger partial charge in [0, 0.05) is 25.4 Å². The molecule has 128 valence electrons. The predicted octanol–water partition coefficient (Wildman–Crippen LogP) is 4.55. The van der Waals surface area contributed by atoms with Gasteiger partial charge in [-0.3, -0.25) is 0 Å². The Morgan fingerprint density at radius 3 is 2.25 bits per heavy atom. The zero-order valence-corrected chi connectivity index (χ0v) is 13.6. The molecule has 0 amide bonds. The third-order valence-corrected chi connectivity index (χ3v) is 4.49. The molecule has 0 unspecified atom stereocenters. The molecule has 0 heterocycles. The molecule has 1 aliphatic carbocycles. The first-order chi connectivity index (χ1) is 11.6. The molecule has 2 aromatic carbocycles. The summed E-state index contributed by atoms with van der Waals surface area (Å²) in [7, 11) is 0. The molecule has 0 radical (unpaired) electrons. The highest BCUT2D eigenvalue weighted by Crippen LogP contribution is 2.35.